The zero-order valence-electron chi connectivity index (χ0n) is 12.4. The quantitative estimate of drug-likeness (QED) is 0.823. The average molecular weight is 401 g/mol. The summed E-state index contributed by atoms with van der Waals surface area (Å²) in [4.78, 5) is 12.2. The molecule has 0 atom stereocenters. The van der Waals surface area contributed by atoms with Crippen molar-refractivity contribution in [2.45, 2.75) is 6.92 Å². The summed E-state index contributed by atoms with van der Waals surface area (Å²) in [7, 11) is -3.40. The second kappa shape index (κ2) is 6.67. The Balaban J connectivity index is 2.21. The van der Waals surface area contributed by atoms with Crippen LogP contribution in [0.2, 0.25) is 0 Å². The van der Waals surface area contributed by atoms with Crippen LogP contribution >= 0.6 is 15.9 Å². The number of carbonyl (C=O) groups excluding carboxylic acids is 1. The van der Waals surface area contributed by atoms with Crippen LogP contribution in [0.25, 0.3) is 0 Å². The Kier molecular flexibility index (Phi) is 5.06. The molecule has 0 heterocycles. The minimum atomic E-state index is -3.40. The van der Waals surface area contributed by atoms with Crippen LogP contribution < -0.4 is 10.0 Å². The first-order valence-corrected chi connectivity index (χ1v) is 9.19. The smallest absolute Gasteiger partial charge is 0.255 e. The van der Waals surface area contributed by atoms with Gasteiger partial charge in [0.15, 0.2) is 0 Å². The van der Waals surface area contributed by atoms with E-state index in [-0.39, 0.29) is 5.69 Å². The Morgan fingerprint density at radius 3 is 2.35 bits per heavy atom. The van der Waals surface area contributed by atoms with Crippen molar-refractivity contribution in [2.75, 3.05) is 16.3 Å². The number of rotatable bonds is 4. The van der Waals surface area contributed by atoms with Gasteiger partial charge in [0.1, 0.15) is 5.82 Å². The van der Waals surface area contributed by atoms with Gasteiger partial charge in [-0.15, -0.1) is 0 Å². The molecule has 1 amide bonds. The summed E-state index contributed by atoms with van der Waals surface area (Å²) < 4.78 is 39.1. The van der Waals surface area contributed by atoms with Gasteiger partial charge in [-0.25, -0.2) is 12.8 Å². The van der Waals surface area contributed by atoms with Crippen LogP contribution in [0.1, 0.15) is 15.9 Å². The van der Waals surface area contributed by atoms with E-state index in [2.05, 4.69) is 26.0 Å². The van der Waals surface area contributed by atoms with Gasteiger partial charge in [0, 0.05) is 10.0 Å². The maximum atomic E-state index is 13.7. The Morgan fingerprint density at radius 1 is 1.13 bits per heavy atom. The lowest BCUT2D eigenvalue weighted by atomic mass is 10.1. The maximum absolute atomic E-state index is 13.7. The molecule has 0 bridgehead atoms. The van der Waals surface area contributed by atoms with E-state index in [9.17, 15) is 17.6 Å². The first-order chi connectivity index (χ1) is 10.7. The molecule has 0 fully saturated rings. The van der Waals surface area contributed by atoms with Crippen molar-refractivity contribution in [1.82, 2.24) is 0 Å². The highest BCUT2D eigenvalue weighted by Crippen LogP contribution is 2.22. The summed E-state index contributed by atoms with van der Waals surface area (Å²) >= 11 is 3.14. The van der Waals surface area contributed by atoms with E-state index in [0.717, 1.165) is 6.26 Å². The van der Waals surface area contributed by atoms with E-state index < -0.39 is 21.7 Å². The van der Waals surface area contributed by atoms with Gasteiger partial charge in [0.2, 0.25) is 10.0 Å². The Hall–Kier alpha value is -1.93. The molecule has 2 N–H and O–H groups in total. The number of nitrogens with one attached hydrogen (secondary N) is 2. The van der Waals surface area contributed by atoms with E-state index in [1.165, 1.54) is 30.3 Å². The van der Waals surface area contributed by atoms with Crippen molar-refractivity contribution >= 4 is 43.2 Å². The Morgan fingerprint density at radius 2 is 1.78 bits per heavy atom. The lowest BCUT2D eigenvalue weighted by Gasteiger charge is -2.10. The molecule has 2 aromatic carbocycles. The molecule has 122 valence electrons. The molecule has 0 unspecified atom stereocenters. The Labute approximate surface area is 142 Å². The van der Waals surface area contributed by atoms with Gasteiger partial charge in [-0.3, -0.25) is 9.52 Å². The van der Waals surface area contributed by atoms with Crippen LogP contribution in [0.3, 0.4) is 0 Å². The van der Waals surface area contributed by atoms with Crippen molar-refractivity contribution in [3.8, 4) is 0 Å². The predicted octanol–water partition coefficient (Wildman–Crippen LogP) is 3.52. The van der Waals surface area contributed by atoms with E-state index in [4.69, 9.17) is 0 Å². The largest absolute Gasteiger partial charge is 0.319 e. The first kappa shape index (κ1) is 17.4. The molecule has 8 heteroatoms. The van der Waals surface area contributed by atoms with Crippen LogP contribution in [0.15, 0.2) is 40.9 Å². The second-order valence-electron chi connectivity index (χ2n) is 4.98. The maximum Gasteiger partial charge on any atom is 0.255 e. The van der Waals surface area contributed by atoms with E-state index in [0.29, 0.717) is 21.3 Å². The van der Waals surface area contributed by atoms with Crippen LogP contribution in [0.5, 0.6) is 0 Å². The third-order valence-electron chi connectivity index (χ3n) is 2.96. The summed E-state index contributed by atoms with van der Waals surface area (Å²) in [5, 5.41) is 2.48. The third-order valence-corrected chi connectivity index (χ3v) is 4.05. The van der Waals surface area contributed by atoms with Crippen LogP contribution in [-0.4, -0.2) is 20.6 Å². The summed E-state index contributed by atoms with van der Waals surface area (Å²) in [5.74, 6) is -1.04. The van der Waals surface area contributed by atoms with Gasteiger partial charge in [-0.2, -0.15) is 0 Å². The molecule has 0 spiro atoms. The lowest BCUT2D eigenvalue weighted by Crippen LogP contribution is -2.14. The minimum absolute atomic E-state index is 0.0641. The molecule has 23 heavy (non-hydrogen) atoms. The standard InChI is InChI=1S/C15H14BrFN2O3S/c1-9-7-10(3-5-13(9)19-23(2,21)22)15(20)18-14-6-4-11(16)8-12(14)17/h3-8,19H,1-2H3,(H,18,20). The molecule has 0 aliphatic rings. The molecule has 5 nitrogen and oxygen atoms in total. The van der Waals surface area contributed by atoms with Gasteiger partial charge >= 0.3 is 0 Å². The number of aryl methyl sites for hydroxylation is 1. The van der Waals surface area contributed by atoms with Gasteiger partial charge < -0.3 is 5.32 Å². The number of anilines is 2. The normalized spacial score (nSPS) is 11.1. The van der Waals surface area contributed by atoms with Gasteiger partial charge in [0.05, 0.1) is 17.6 Å². The summed E-state index contributed by atoms with van der Waals surface area (Å²) in [6.07, 6.45) is 1.05. The minimum Gasteiger partial charge on any atom is -0.319 e. The number of sulfonamides is 1. The van der Waals surface area contributed by atoms with Crippen molar-refractivity contribution in [1.29, 1.82) is 0 Å². The van der Waals surface area contributed by atoms with Crippen molar-refractivity contribution in [2.24, 2.45) is 0 Å². The predicted molar refractivity (Wildman–Crippen MR) is 91.7 cm³/mol. The molecular weight excluding hydrogens is 387 g/mol. The van der Waals surface area contributed by atoms with Crippen LogP contribution in [0, 0.1) is 12.7 Å². The highest BCUT2D eigenvalue weighted by Gasteiger charge is 2.12. The van der Waals surface area contributed by atoms with Gasteiger partial charge in [-0.1, -0.05) is 15.9 Å². The highest BCUT2D eigenvalue weighted by molar-refractivity contribution is 9.10. The topological polar surface area (TPSA) is 75.3 Å². The highest BCUT2D eigenvalue weighted by atomic mass is 79.9. The number of hydrogen-bond donors (Lipinski definition) is 2. The van der Waals surface area contributed by atoms with Gasteiger partial charge in [-0.05, 0) is 48.9 Å². The fourth-order valence-corrected chi connectivity index (χ4v) is 2.87. The van der Waals surface area contributed by atoms with E-state index in [1.807, 2.05) is 0 Å². The molecule has 0 radical (unpaired) electrons. The van der Waals surface area contributed by atoms with Crippen LogP contribution in [-0.2, 0) is 10.0 Å². The first-order valence-electron chi connectivity index (χ1n) is 6.50. The molecule has 2 rings (SSSR count). The fourth-order valence-electron chi connectivity index (χ4n) is 1.90. The van der Waals surface area contributed by atoms with E-state index in [1.54, 1.807) is 13.0 Å². The SMILES string of the molecule is Cc1cc(C(=O)Nc2ccc(Br)cc2F)ccc1NS(C)(=O)=O. The Bertz CT molecular complexity index is 869. The molecule has 0 saturated carbocycles. The van der Waals surface area contributed by atoms with Crippen molar-refractivity contribution in [3.63, 3.8) is 0 Å². The number of hydrogen-bond acceptors (Lipinski definition) is 3. The third kappa shape index (κ3) is 4.77. The second-order valence-corrected chi connectivity index (χ2v) is 7.65. The molecule has 0 saturated heterocycles. The number of benzene rings is 2. The fraction of sp³-hybridized carbons (Fsp3) is 0.133. The zero-order chi connectivity index (χ0) is 17.2. The summed E-state index contributed by atoms with van der Waals surface area (Å²) in [5.41, 5.74) is 1.33. The average Bonchev–Trinajstić information content (AvgIpc) is 2.42. The van der Waals surface area contributed by atoms with Crippen molar-refractivity contribution < 1.29 is 17.6 Å². The molecular formula is C15H14BrFN2O3S. The molecule has 0 aliphatic heterocycles. The van der Waals surface area contributed by atoms with E-state index >= 15 is 0 Å². The molecule has 0 aromatic heterocycles. The summed E-state index contributed by atoms with van der Waals surface area (Å²) in [6.45, 7) is 1.67. The monoisotopic (exact) mass is 400 g/mol. The van der Waals surface area contributed by atoms with Crippen molar-refractivity contribution in [3.05, 3.63) is 57.8 Å². The molecule has 2 aromatic rings. The van der Waals surface area contributed by atoms with Gasteiger partial charge in [0.25, 0.3) is 5.91 Å². The van der Waals surface area contributed by atoms with Crippen LogP contribution in [0.4, 0.5) is 15.8 Å². The number of halogens is 2. The lowest BCUT2D eigenvalue weighted by molar-refractivity contribution is 0.102. The molecule has 0 aliphatic carbocycles. The number of amides is 1. The number of carbonyl (C=O) groups is 1. The zero-order valence-corrected chi connectivity index (χ0v) is 14.8. The summed E-state index contributed by atoms with van der Waals surface area (Å²) in [6, 6.07) is 8.79.